The van der Waals surface area contributed by atoms with E-state index in [1.807, 2.05) is 47.5 Å². The SMILES string of the molecule is O=C(c1cn2c(n1)CCC(c1ccccc1)C2)N(CCc1ccccc1)Cc1ccccc1. The maximum absolute atomic E-state index is 13.6. The molecule has 1 aromatic heterocycles. The molecule has 4 heteroatoms. The lowest BCUT2D eigenvalue weighted by Gasteiger charge is -2.23. The number of hydrogen-bond donors (Lipinski definition) is 0. The second-order valence-electron chi connectivity index (χ2n) is 8.79. The summed E-state index contributed by atoms with van der Waals surface area (Å²) < 4.78 is 2.19. The van der Waals surface area contributed by atoms with Crippen LogP contribution in [0.4, 0.5) is 0 Å². The van der Waals surface area contributed by atoms with Gasteiger partial charge in [-0.1, -0.05) is 91.0 Å². The Hall–Kier alpha value is -3.66. The first kappa shape index (κ1) is 21.2. The van der Waals surface area contributed by atoms with Crippen molar-refractivity contribution in [2.45, 2.75) is 38.3 Å². The molecule has 1 amide bonds. The van der Waals surface area contributed by atoms with E-state index < -0.39 is 0 Å². The van der Waals surface area contributed by atoms with Crippen LogP contribution < -0.4 is 0 Å². The van der Waals surface area contributed by atoms with Crippen molar-refractivity contribution < 1.29 is 4.79 Å². The molecule has 1 aliphatic heterocycles. The average molecular weight is 436 g/mol. The van der Waals surface area contributed by atoms with E-state index >= 15 is 0 Å². The molecule has 0 radical (unpaired) electrons. The molecule has 0 N–H and O–H groups in total. The quantitative estimate of drug-likeness (QED) is 0.385. The zero-order chi connectivity index (χ0) is 22.5. The van der Waals surface area contributed by atoms with Crippen molar-refractivity contribution >= 4 is 5.91 Å². The Bertz CT molecular complexity index is 1190. The summed E-state index contributed by atoms with van der Waals surface area (Å²) in [6.07, 6.45) is 4.75. The van der Waals surface area contributed by atoms with Gasteiger partial charge in [0.15, 0.2) is 0 Å². The Morgan fingerprint density at radius 2 is 1.52 bits per heavy atom. The van der Waals surface area contributed by atoms with Gasteiger partial charge in [0, 0.05) is 38.2 Å². The fourth-order valence-electron chi connectivity index (χ4n) is 4.67. The molecule has 0 fully saturated rings. The Morgan fingerprint density at radius 1 is 0.879 bits per heavy atom. The van der Waals surface area contributed by atoms with Crippen LogP contribution in [0.15, 0.2) is 97.2 Å². The lowest BCUT2D eigenvalue weighted by molar-refractivity contribution is 0.0739. The van der Waals surface area contributed by atoms with Crippen LogP contribution in [0.5, 0.6) is 0 Å². The van der Waals surface area contributed by atoms with E-state index in [4.69, 9.17) is 4.98 Å². The van der Waals surface area contributed by atoms with Gasteiger partial charge in [0.2, 0.25) is 0 Å². The van der Waals surface area contributed by atoms with Crippen molar-refractivity contribution in [3.8, 4) is 0 Å². The highest BCUT2D eigenvalue weighted by molar-refractivity contribution is 5.92. The third-order valence-electron chi connectivity index (χ3n) is 6.50. The predicted molar refractivity (Wildman–Crippen MR) is 131 cm³/mol. The molecule has 4 nitrogen and oxygen atoms in total. The summed E-state index contributed by atoms with van der Waals surface area (Å²) >= 11 is 0. The fourth-order valence-corrected chi connectivity index (χ4v) is 4.67. The van der Waals surface area contributed by atoms with E-state index in [0.29, 0.717) is 24.7 Å². The second-order valence-corrected chi connectivity index (χ2v) is 8.79. The van der Waals surface area contributed by atoms with Gasteiger partial charge in [0.25, 0.3) is 5.91 Å². The van der Waals surface area contributed by atoms with Crippen LogP contribution in [0.3, 0.4) is 0 Å². The van der Waals surface area contributed by atoms with Crippen molar-refractivity contribution in [1.29, 1.82) is 0 Å². The summed E-state index contributed by atoms with van der Waals surface area (Å²) in [4.78, 5) is 20.3. The lowest BCUT2D eigenvalue weighted by Crippen LogP contribution is -2.32. The van der Waals surface area contributed by atoms with Crippen LogP contribution >= 0.6 is 0 Å². The molecule has 0 saturated carbocycles. The van der Waals surface area contributed by atoms with Crippen LogP contribution in [0, 0.1) is 0 Å². The number of aromatic nitrogens is 2. The van der Waals surface area contributed by atoms with E-state index in [1.165, 1.54) is 11.1 Å². The highest BCUT2D eigenvalue weighted by Gasteiger charge is 2.25. The Balaban J connectivity index is 1.35. The van der Waals surface area contributed by atoms with Gasteiger partial charge in [0.1, 0.15) is 11.5 Å². The summed E-state index contributed by atoms with van der Waals surface area (Å²) in [6, 6.07) is 31.2. The zero-order valence-electron chi connectivity index (χ0n) is 18.8. The van der Waals surface area contributed by atoms with Crippen molar-refractivity contribution in [1.82, 2.24) is 14.5 Å². The van der Waals surface area contributed by atoms with Crippen LogP contribution in [0.2, 0.25) is 0 Å². The van der Waals surface area contributed by atoms with Gasteiger partial charge in [-0.05, 0) is 29.5 Å². The number of nitrogens with zero attached hydrogens (tertiary/aromatic N) is 3. The van der Waals surface area contributed by atoms with E-state index in [-0.39, 0.29) is 5.91 Å². The molecule has 33 heavy (non-hydrogen) atoms. The normalized spacial score (nSPS) is 15.1. The minimum atomic E-state index is 0.00736. The molecule has 0 aliphatic carbocycles. The van der Waals surface area contributed by atoms with Crippen LogP contribution in [0.25, 0.3) is 0 Å². The van der Waals surface area contributed by atoms with Gasteiger partial charge in [-0.3, -0.25) is 4.79 Å². The van der Waals surface area contributed by atoms with Crippen molar-refractivity contribution in [3.63, 3.8) is 0 Å². The molecule has 0 spiro atoms. The first-order valence-electron chi connectivity index (χ1n) is 11.7. The van der Waals surface area contributed by atoms with Gasteiger partial charge in [-0.2, -0.15) is 0 Å². The summed E-state index contributed by atoms with van der Waals surface area (Å²) in [5, 5.41) is 0. The standard InChI is InChI=1S/C29H29N3O/c33-29(27-22-32-21-26(16-17-28(32)30-27)25-14-8-3-9-15-25)31(20-24-12-6-2-7-13-24)19-18-23-10-4-1-5-11-23/h1-15,22,26H,16-21H2. The number of hydrogen-bond acceptors (Lipinski definition) is 2. The van der Waals surface area contributed by atoms with E-state index in [1.54, 1.807) is 0 Å². The minimum Gasteiger partial charge on any atom is -0.333 e. The van der Waals surface area contributed by atoms with Gasteiger partial charge in [-0.15, -0.1) is 0 Å². The monoisotopic (exact) mass is 435 g/mol. The van der Waals surface area contributed by atoms with E-state index in [2.05, 4.69) is 59.2 Å². The summed E-state index contributed by atoms with van der Waals surface area (Å²) in [5.41, 5.74) is 4.28. The highest BCUT2D eigenvalue weighted by atomic mass is 16.2. The molecule has 1 atom stereocenters. The number of carbonyl (C=O) groups is 1. The van der Waals surface area contributed by atoms with Crippen molar-refractivity contribution in [2.75, 3.05) is 6.54 Å². The Morgan fingerprint density at radius 3 is 2.21 bits per heavy atom. The van der Waals surface area contributed by atoms with Crippen molar-refractivity contribution in [2.24, 2.45) is 0 Å². The number of aryl methyl sites for hydroxylation is 1. The van der Waals surface area contributed by atoms with E-state index in [0.717, 1.165) is 37.2 Å². The molecule has 0 bridgehead atoms. The Kier molecular flexibility index (Phi) is 6.34. The molecule has 0 saturated heterocycles. The third kappa shape index (κ3) is 5.06. The number of rotatable bonds is 7. The second kappa shape index (κ2) is 9.86. The summed E-state index contributed by atoms with van der Waals surface area (Å²) in [7, 11) is 0. The smallest absolute Gasteiger partial charge is 0.274 e. The molecule has 4 aromatic rings. The maximum Gasteiger partial charge on any atom is 0.274 e. The van der Waals surface area contributed by atoms with Gasteiger partial charge >= 0.3 is 0 Å². The fraction of sp³-hybridized carbons (Fsp3) is 0.241. The topological polar surface area (TPSA) is 38.1 Å². The van der Waals surface area contributed by atoms with Gasteiger partial charge < -0.3 is 9.47 Å². The van der Waals surface area contributed by atoms with Crippen LogP contribution in [0.1, 0.15) is 45.3 Å². The number of benzene rings is 3. The maximum atomic E-state index is 13.6. The molecule has 166 valence electrons. The minimum absolute atomic E-state index is 0.00736. The molecule has 3 aromatic carbocycles. The predicted octanol–water partition coefficient (Wildman–Crippen LogP) is 5.50. The molecular formula is C29H29N3O. The van der Waals surface area contributed by atoms with E-state index in [9.17, 15) is 4.79 Å². The molecule has 1 aliphatic rings. The largest absolute Gasteiger partial charge is 0.333 e. The molecule has 5 rings (SSSR count). The molecule has 1 unspecified atom stereocenters. The number of amides is 1. The Labute approximate surface area is 195 Å². The summed E-state index contributed by atoms with van der Waals surface area (Å²) in [5.74, 6) is 1.50. The molecular weight excluding hydrogens is 406 g/mol. The summed E-state index contributed by atoms with van der Waals surface area (Å²) in [6.45, 7) is 2.12. The number of carbonyl (C=O) groups excluding carboxylic acids is 1. The number of imidazole rings is 1. The average Bonchev–Trinajstić information content (AvgIpc) is 3.31. The first-order chi connectivity index (χ1) is 16.3. The lowest BCUT2D eigenvalue weighted by atomic mass is 9.92. The third-order valence-corrected chi connectivity index (χ3v) is 6.50. The highest BCUT2D eigenvalue weighted by Crippen LogP contribution is 2.29. The van der Waals surface area contributed by atoms with Crippen LogP contribution in [-0.4, -0.2) is 26.9 Å². The number of fused-ring (bicyclic) bond motifs is 1. The van der Waals surface area contributed by atoms with Gasteiger partial charge in [-0.25, -0.2) is 4.98 Å². The zero-order valence-corrected chi connectivity index (χ0v) is 18.8. The first-order valence-corrected chi connectivity index (χ1v) is 11.7. The van der Waals surface area contributed by atoms with Crippen molar-refractivity contribution in [3.05, 3.63) is 125 Å². The van der Waals surface area contributed by atoms with Crippen LogP contribution in [-0.2, 0) is 25.9 Å². The molecule has 2 heterocycles. The van der Waals surface area contributed by atoms with Gasteiger partial charge in [0.05, 0.1) is 0 Å².